The first-order chi connectivity index (χ1) is 17.8. The van der Waals surface area contributed by atoms with Crippen molar-refractivity contribution < 1.29 is 23.4 Å². The van der Waals surface area contributed by atoms with Gasteiger partial charge in [-0.3, -0.25) is 4.79 Å². The molecule has 1 fully saturated rings. The van der Waals surface area contributed by atoms with Crippen LogP contribution in [0, 0.1) is 18.6 Å². The molecular formula is C25H27F2N7O3. The summed E-state index contributed by atoms with van der Waals surface area (Å²) in [6.45, 7) is 8.56. The van der Waals surface area contributed by atoms with Gasteiger partial charge in [0.05, 0.1) is 36.8 Å². The number of carbonyl (C=O) groups is 1. The predicted octanol–water partition coefficient (Wildman–Crippen LogP) is 4.34. The number of ether oxygens (including phenoxy) is 1. The van der Waals surface area contributed by atoms with E-state index in [0.29, 0.717) is 35.9 Å². The minimum Gasteiger partial charge on any atom is -0.483 e. The molecule has 12 heteroatoms. The standard InChI is InChI=1S/C24H25F2N7O.CH2O2/c1-14(2)33-15(3)29-23-18(25)10-16(11-20(23)33)22-19(26)13-28-24(31-22)30-21-5-4-17(12-27-21)32-6-8-34-9-7-32;2-1-3/h4-5,10-14H,6-9H2,1-3H3,(H,27,28,30,31);1H,(H,2,3). The number of anilines is 3. The lowest BCUT2D eigenvalue weighted by atomic mass is 10.1. The molecule has 0 radical (unpaired) electrons. The molecule has 1 saturated heterocycles. The number of pyridine rings is 1. The van der Waals surface area contributed by atoms with E-state index < -0.39 is 11.6 Å². The summed E-state index contributed by atoms with van der Waals surface area (Å²) >= 11 is 0. The molecule has 0 aliphatic carbocycles. The summed E-state index contributed by atoms with van der Waals surface area (Å²) < 4.78 is 36.9. The van der Waals surface area contributed by atoms with Crippen LogP contribution >= 0.6 is 0 Å². The lowest BCUT2D eigenvalue weighted by molar-refractivity contribution is -0.122. The van der Waals surface area contributed by atoms with E-state index in [1.165, 1.54) is 6.07 Å². The average molecular weight is 512 g/mol. The second-order valence-corrected chi connectivity index (χ2v) is 8.57. The molecule has 0 atom stereocenters. The summed E-state index contributed by atoms with van der Waals surface area (Å²) in [6.07, 6.45) is 2.83. The third-order valence-corrected chi connectivity index (χ3v) is 5.82. The monoisotopic (exact) mass is 511 g/mol. The normalized spacial score (nSPS) is 13.4. The van der Waals surface area contributed by atoms with Crippen LogP contribution in [0.4, 0.5) is 26.2 Å². The predicted molar refractivity (Wildman–Crippen MR) is 135 cm³/mol. The Bertz CT molecular complexity index is 1390. The second kappa shape index (κ2) is 11.2. The highest BCUT2D eigenvalue weighted by molar-refractivity contribution is 5.83. The van der Waals surface area contributed by atoms with E-state index in [4.69, 9.17) is 14.6 Å². The van der Waals surface area contributed by atoms with E-state index in [1.54, 1.807) is 12.3 Å². The first kappa shape index (κ1) is 25.9. The molecule has 0 bridgehead atoms. The number of aryl methyl sites for hydroxylation is 1. The van der Waals surface area contributed by atoms with Crippen LogP contribution in [0.15, 0.2) is 36.7 Å². The molecule has 1 aliphatic heterocycles. The van der Waals surface area contributed by atoms with Crippen molar-refractivity contribution in [1.29, 1.82) is 0 Å². The third kappa shape index (κ3) is 5.64. The van der Waals surface area contributed by atoms with Crippen LogP contribution < -0.4 is 10.2 Å². The number of halogens is 2. The number of imidazole rings is 1. The molecule has 10 nitrogen and oxygen atoms in total. The van der Waals surface area contributed by atoms with Crippen molar-refractivity contribution >= 4 is 35.0 Å². The topological polar surface area (TPSA) is 118 Å². The van der Waals surface area contributed by atoms with Gasteiger partial charge in [-0.05, 0) is 45.0 Å². The number of hydrogen-bond donors (Lipinski definition) is 2. The molecule has 5 rings (SSSR count). The largest absolute Gasteiger partial charge is 0.483 e. The van der Waals surface area contributed by atoms with Crippen LogP contribution in [0.25, 0.3) is 22.3 Å². The molecule has 0 saturated carbocycles. The number of nitrogens with zero attached hydrogens (tertiary/aromatic N) is 6. The molecular weight excluding hydrogens is 484 g/mol. The Morgan fingerprint density at radius 1 is 1.08 bits per heavy atom. The zero-order chi connectivity index (χ0) is 26.5. The zero-order valence-electron chi connectivity index (χ0n) is 20.7. The highest BCUT2D eigenvalue weighted by Gasteiger charge is 2.18. The van der Waals surface area contributed by atoms with Crippen LogP contribution in [0.3, 0.4) is 0 Å². The Morgan fingerprint density at radius 2 is 1.81 bits per heavy atom. The number of morpholine rings is 1. The Balaban J connectivity index is 0.00000102. The summed E-state index contributed by atoms with van der Waals surface area (Å²) in [4.78, 5) is 27.7. The van der Waals surface area contributed by atoms with Gasteiger partial charge in [0, 0.05) is 24.7 Å². The summed E-state index contributed by atoms with van der Waals surface area (Å²) in [7, 11) is 0. The van der Waals surface area contributed by atoms with Crippen molar-refractivity contribution in [1.82, 2.24) is 24.5 Å². The van der Waals surface area contributed by atoms with Gasteiger partial charge in [0.2, 0.25) is 5.95 Å². The van der Waals surface area contributed by atoms with Crippen LogP contribution in [-0.2, 0) is 9.53 Å². The van der Waals surface area contributed by atoms with E-state index >= 15 is 0 Å². The lowest BCUT2D eigenvalue weighted by Gasteiger charge is -2.28. The van der Waals surface area contributed by atoms with E-state index in [9.17, 15) is 8.78 Å². The number of benzene rings is 1. The van der Waals surface area contributed by atoms with Crippen molar-refractivity contribution in [2.75, 3.05) is 36.5 Å². The van der Waals surface area contributed by atoms with Crippen LogP contribution in [-0.4, -0.2) is 62.4 Å². The fourth-order valence-corrected chi connectivity index (χ4v) is 4.27. The number of rotatable bonds is 5. The van der Waals surface area contributed by atoms with Gasteiger partial charge in [-0.2, -0.15) is 0 Å². The highest BCUT2D eigenvalue weighted by Crippen LogP contribution is 2.30. The number of nitrogens with one attached hydrogen (secondary N) is 1. The van der Waals surface area contributed by atoms with Gasteiger partial charge < -0.3 is 24.6 Å². The highest BCUT2D eigenvalue weighted by atomic mass is 19.1. The summed E-state index contributed by atoms with van der Waals surface area (Å²) in [6, 6.07) is 6.79. The van der Waals surface area contributed by atoms with Crippen molar-refractivity contribution in [2.24, 2.45) is 0 Å². The minimum absolute atomic E-state index is 0.00241. The number of fused-ring (bicyclic) bond motifs is 1. The maximum atomic E-state index is 14.9. The summed E-state index contributed by atoms with van der Waals surface area (Å²) in [5.74, 6) is 0.204. The molecule has 4 aromatic rings. The molecule has 0 unspecified atom stereocenters. The Labute approximate surface area is 212 Å². The molecule has 37 heavy (non-hydrogen) atoms. The quantitative estimate of drug-likeness (QED) is 0.377. The first-order valence-corrected chi connectivity index (χ1v) is 11.7. The molecule has 4 heterocycles. The van der Waals surface area contributed by atoms with Gasteiger partial charge >= 0.3 is 0 Å². The molecule has 2 N–H and O–H groups in total. The molecule has 0 spiro atoms. The van der Waals surface area contributed by atoms with Gasteiger partial charge in [-0.15, -0.1) is 0 Å². The minimum atomic E-state index is -0.646. The van der Waals surface area contributed by atoms with Crippen molar-refractivity contribution in [3.63, 3.8) is 0 Å². The van der Waals surface area contributed by atoms with Crippen molar-refractivity contribution in [3.8, 4) is 11.3 Å². The average Bonchev–Trinajstić information content (AvgIpc) is 3.23. The molecule has 1 aromatic carbocycles. The second-order valence-electron chi connectivity index (χ2n) is 8.57. The summed E-state index contributed by atoms with van der Waals surface area (Å²) in [5.41, 5.74) is 2.15. The van der Waals surface area contributed by atoms with Gasteiger partial charge in [0.25, 0.3) is 6.47 Å². The lowest BCUT2D eigenvalue weighted by Crippen LogP contribution is -2.36. The zero-order valence-corrected chi connectivity index (χ0v) is 20.7. The molecule has 3 aromatic heterocycles. The number of aromatic nitrogens is 5. The first-order valence-electron chi connectivity index (χ1n) is 11.7. The Kier molecular flexibility index (Phi) is 7.87. The van der Waals surface area contributed by atoms with E-state index in [1.807, 2.05) is 37.5 Å². The molecule has 1 aliphatic rings. The van der Waals surface area contributed by atoms with E-state index in [-0.39, 0.29) is 29.7 Å². The van der Waals surface area contributed by atoms with Crippen LogP contribution in [0.1, 0.15) is 25.7 Å². The summed E-state index contributed by atoms with van der Waals surface area (Å²) in [5, 5.41) is 9.89. The fraction of sp³-hybridized carbons (Fsp3) is 0.320. The van der Waals surface area contributed by atoms with E-state index in [0.717, 1.165) is 25.0 Å². The van der Waals surface area contributed by atoms with Crippen LogP contribution in [0.2, 0.25) is 0 Å². The number of hydrogen-bond acceptors (Lipinski definition) is 8. The van der Waals surface area contributed by atoms with Gasteiger partial charge in [0.15, 0.2) is 11.6 Å². The molecule has 0 amide bonds. The van der Waals surface area contributed by atoms with Gasteiger partial charge in [0.1, 0.15) is 22.9 Å². The maximum Gasteiger partial charge on any atom is 0.290 e. The van der Waals surface area contributed by atoms with Crippen molar-refractivity contribution in [3.05, 3.63) is 54.1 Å². The SMILES string of the molecule is Cc1nc2c(F)cc(-c3nc(Nc4ccc(N5CCOCC5)cn4)ncc3F)cc2n1C(C)C.O=CO. The Hall–Kier alpha value is -4.19. The van der Waals surface area contributed by atoms with Gasteiger partial charge in [-0.25, -0.2) is 28.7 Å². The Morgan fingerprint density at radius 3 is 2.46 bits per heavy atom. The number of carboxylic acid groups (broad SMARTS) is 1. The van der Waals surface area contributed by atoms with Crippen molar-refractivity contribution in [2.45, 2.75) is 26.8 Å². The van der Waals surface area contributed by atoms with Crippen LogP contribution in [0.5, 0.6) is 0 Å². The molecule has 194 valence electrons. The smallest absolute Gasteiger partial charge is 0.290 e. The maximum absolute atomic E-state index is 14.9. The van der Waals surface area contributed by atoms with Gasteiger partial charge in [-0.1, -0.05) is 0 Å². The fourth-order valence-electron chi connectivity index (χ4n) is 4.27. The third-order valence-electron chi connectivity index (χ3n) is 5.82. The van der Waals surface area contributed by atoms with E-state index in [2.05, 4.69) is 30.2 Å².